The van der Waals surface area contributed by atoms with E-state index in [1.807, 2.05) is 0 Å². The molecule has 0 radical (unpaired) electrons. The predicted octanol–water partition coefficient (Wildman–Crippen LogP) is 7.47. The summed E-state index contributed by atoms with van der Waals surface area (Å²) in [6.45, 7) is 1.36. The van der Waals surface area contributed by atoms with E-state index in [0.717, 1.165) is 16.7 Å². The van der Waals surface area contributed by atoms with Crippen molar-refractivity contribution in [3.8, 4) is 0 Å². The van der Waals surface area contributed by atoms with Crippen LogP contribution in [0.4, 0.5) is 27.6 Å². The molecule has 0 spiro atoms. The first-order valence-corrected chi connectivity index (χ1v) is 15.0. The molecule has 45 heavy (non-hydrogen) atoms. The lowest BCUT2D eigenvalue weighted by atomic mass is 9.50. The lowest BCUT2D eigenvalue weighted by Gasteiger charge is -2.56. The maximum Gasteiger partial charge on any atom is 0.456 e. The van der Waals surface area contributed by atoms with Gasteiger partial charge < -0.3 is 15.5 Å². The van der Waals surface area contributed by atoms with E-state index in [2.05, 4.69) is 5.32 Å². The Morgan fingerprint density at radius 1 is 0.956 bits per heavy atom. The van der Waals surface area contributed by atoms with Gasteiger partial charge in [-0.25, -0.2) is 4.79 Å². The molecule has 0 bridgehead atoms. The number of fused-ring (bicyclic) bond motifs is 4. The van der Waals surface area contributed by atoms with E-state index < -0.39 is 53.2 Å². The van der Waals surface area contributed by atoms with Crippen LogP contribution in [0.2, 0.25) is 0 Å². The number of ketones is 1. The lowest BCUT2D eigenvalue weighted by Crippen LogP contribution is -2.65. The first-order valence-electron chi connectivity index (χ1n) is 15.0. The molecule has 0 aliphatic heterocycles. The molecular weight excluding hydrogens is 597 g/mol. The second-order valence-electron chi connectivity index (χ2n) is 12.9. The number of para-hydroxylation sites is 1. The zero-order valence-electron chi connectivity index (χ0n) is 24.4. The molecule has 4 aliphatic carbocycles. The second kappa shape index (κ2) is 10.6. The van der Waals surface area contributed by atoms with E-state index in [0.29, 0.717) is 24.8 Å². The van der Waals surface area contributed by atoms with Crippen LogP contribution in [-0.2, 0) is 4.79 Å². The molecule has 11 heteroatoms. The third kappa shape index (κ3) is 4.73. The van der Waals surface area contributed by atoms with Crippen molar-refractivity contribution >= 4 is 23.3 Å². The van der Waals surface area contributed by atoms with Crippen LogP contribution in [0, 0.1) is 17.3 Å². The summed E-state index contributed by atoms with van der Waals surface area (Å²) < 4.78 is 71.7. The number of amides is 1. The molecule has 4 aliphatic rings. The predicted molar refractivity (Wildman–Crippen MR) is 154 cm³/mol. The van der Waals surface area contributed by atoms with E-state index in [1.54, 1.807) is 24.3 Å². The highest BCUT2D eigenvalue weighted by molar-refractivity contribution is 6.07. The van der Waals surface area contributed by atoms with Gasteiger partial charge in [0.2, 0.25) is 0 Å². The average molecular weight is 630 g/mol. The Morgan fingerprint density at radius 2 is 1.64 bits per heavy atom. The fraction of sp³-hybridized carbons (Fsp3) is 0.441. The Balaban J connectivity index is 1.41. The molecule has 238 valence electrons. The number of halogens is 5. The van der Waals surface area contributed by atoms with Crippen LogP contribution in [0.15, 0.2) is 71.3 Å². The highest BCUT2D eigenvalue weighted by Gasteiger charge is 2.79. The zero-order valence-corrected chi connectivity index (χ0v) is 24.4. The van der Waals surface area contributed by atoms with E-state index in [-0.39, 0.29) is 47.8 Å². The number of rotatable bonds is 5. The summed E-state index contributed by atoms with van der Waals surface area (Å²) in [4.78, 5) is 36.8. The normalized spacial score (nSPS) is 29.8. The van der Waals surface area contributed by atoms with Crippen LogP contribution < -0.4 is 5.32 Å². The minimum atomic E-state index is -5.94. The summed E-state index contributed by atoms with van der Waals surface area (Å²) in [7, 11) is 0. The molecule has 1 amide bonds. The number of carbonyl (C=O) groups excluding carboxylic acids is 2. The summed E-state index contributed by atoms with van der Waals surface area (Å²) in [5.41, 5.74) is -1.58. The van der Waals surface area contributed by atoms with Crippen LogP contribution >= 0.6 is 0 Å². The minimum Gasteiger partial charge on any atom is -0.478 e. The van der Waals surface area contributed by atoms with Crippen LogP contribution in [0.1, 0.15) is 84.1 Å². The lowest BCUT2D eigenvalue weighted by molar-refractivity contribution is -0.362. The maximum absolute atomic E-state index is 15.2. The van der Waals surface area contributed by atoms with Gasteiger partial charge in [0.05, 0.1) is 11.3 Å². The monoisotopic (exact) mass is 629 g/mol. The van der Waals surface area contributed by atoms with Crippen molar-refractivity contribution in [1.82, 2.24) is 0 Å². The number of aliphatic hydroxyl groups is 1. The van der Waals surface area contributed by atoms with Crippen LogP contribution in [0.5, 0.6) is 0 Å². The van der Waals surface area contributed by atoms with Gasteiger partial charge in [0.25, 0.3) is 5.91 Å². The van der Waals surface area contributed by atoms with Gasteiger partial charge in [0, 0.05) is 23.3 Å². The van der Waals surface area contributed by atoms with Crippen molar-refractivity contribution in [3.05, 3.63) is 88.0 Å². The van der Waals surface area contributed by atoms with Gasteiger partial charge in [0.15, 0.2) is 5.78 Å². The molecule has 2 aromatic rings. The molecule has 3 N–H and O–H groups in total. The Labute approximate surface area is 256 Å². The molecular formula is C34H32F5NO5. The van der Waals surface area contributed by atoms with E-state index in [1.165, 1.54) is 37.3 Å². The van der Waals surface area contributed by atoms with Gasteiger partial charge in [-0.1, -0.05) is 36.8 Å². The highest BCUT2D eigenvalue weighted by Crippen LogP contribution is 2.70. The SMILES string of the molecule is C[C@]12C[C@H](c3ccc(C(=O)Nc4ccccc4C(=O)O)cc3)C3=C4CCC(=O)C=C4CCC3C1CC[C@]2(O)C(F)(F)C(F)(F)F. The van der Waals surface area contributed by atoms with Gasteiger partial charge in [-0.2, -0.15) is 22.0 Å². The summed E-state index contributed by atoms with van der Waals surface area (Å²) in [6, 6.07) is 12.1. The van der Waals surface area contributed by atoms with Crippen LogP contribution in [-0.4, -0.2) is 45.6 Å². The number of anilines is 1. The van der Waals surface area contributed by atoms with Crippen molar-refractivity contribution in [1.29, 1.82) is 0 Å². The van der Waals surface area contributed by atoms with Gasteiger partial charge in [0.1, 0.15) is 5.60 Å². The number of carbonyl (C=O) groups is 3. The molecule has 5 atom stereocenters. The minimum absolute atomic E-state index is 0.00936. The largest absolute Gasteiger partial charge is 0.478 e. The first-order chi connectivity index (χ1) is 21.1. The fourth-order valence-corrected chi connectivity index (χ4v) is 8.55. The summed E-state index contributed by atoms with van der Waals surface area (Å²) in [5.74, 6) is -8.76. The number of carboxylic acids is 1. The Morgan fingerprint density at radius 3 is 2.31 bits per heavy atom. The topological polar surface area (TPSA) is 104 Å². The Bertz CT molecular complexity index is 1640. The molecule has 2 fully saturated rings. The number of allylic oxidation sites excluding steroid dienone is 4. The number of hydrogen-bond donors (Lipinski definition) is 3. The standard InChI is InChI=1S/C34H32F5NO5/c1-31-17-25(18-6-8-19(9-7-18)29(42)40-27-5-3-2-4-24(27)30(43)44)28-22-13-11-21(41)16-20(22)10-12-23(28)26(31)14-15-32(31,45)33(35,36)34(37,38)39/h2-9,16,23,25-26,45H,10-15,17H2,1H3,(H,40,42)(H,43,44)/t23?,25-,26?,31+,32-/m1/s1. The van der Waals surface area contributed by atoms with Crippen molar-refractivity contribution < 1.29 is 46.5 Å². The fourth-order valence-electron chi connectivity index (χ4n) is 8.55. The average Bonchev–Trinajstić information content (AvgIpc) is 3.27. The molecule has 2 saturated carbocycles. The summed E-state index contributed by atoms with van der Waals surface area (Å²) in [5, 5.41) is 23.4. The number of nitrogens with one attached hydrogen (secondary N) is 1. The van der Waals surface area contributed by atoms with E-state index >= 15 is 8.78 Å². The molecule has 0 heterocycles. The van der Waals surface area contributed by atoms with Crippen molar-refractivity contribution in [2.45, 2.75) is 75.5 Å². The van der Waals surface area contributed by atoms with Crippen LogP contribution in [0.25, 0.3) is 0 Å². The summed E-state index contributed by atoms with van der Waals surface area (Å²) >= 11 is 0. The quantitative estimate of drug-likeness (QED) is 0.298. The zero-order chi connectivity index (χ0) is 32.5. The Kier molecular flexibility index (Phi) is 7.34. The third-order valence-electron chi connectivity index (χ3n) is 10.7. The van der Waals surface area contributed by atoms with Crippen molar-refractivity contribution in [3.63, 3.8) is 0 Å². The maximum atomic E-state index is 15.2. The van der Waals surface area contributed by atoms with Gasteiger partial charge in [-0.05, 0) is 97.4 Å². The van der Waals surface area contributed by atoms with E-state index in [9.17, 15) is 37.8 Å². The van der Waals surface area contributed by atoms with Crippen molar-refractivity contribution in [2.75, 3.05) is 5.32 Å². The van der Waals surface area contributed by atoms with Gasteiger partial charge in [-0.3, -0.25) is 9.59 Å². The molecule has 6 nitrogen and oxygen atoms in total. The molecule has 2 unspecified atom stereocenters. The van der Waals surface area contributed by atoms with Gasteiger partial charge >= 0.3 is 18.1 Å². The van der Waals surface area contributed by atoms with Gasteiger partial charge in [-0.15, -0.1) is 0 Å². The summed E-state index contributed by atoms with van der Waals surface area (Å²) in [6.07, 6.45) is -3.49. The molecule has 6 rings (SSSR count). The Hall–Kier alpha value is -3.86. The number of aromatic carboxylic acids is 1. The highest BCUT2D eigenvalue weighted by atomic mass is 19.4. The smallest absolute Gasteiger partial charge is 0.456 e. The molecule has 0 saturated heterocycles. The second-order valence-corrected chi connectivity index (χ2v) is 12.9. The first kappa shape index (κ1) is 31.1. The molecule has 0 aromatic heterocycles. The van der Waals surface area contributed by atoms with E-state index in [4.69, 9.17) is 0 Å². The number of alkyl halides is 5. The molecule has 2 aromatic carbocycles. The third-order valence-corrected chi connectivity index (χ3v) is 10.7. The number of hydrogen-bond acceptors (Lipinski definition) is 4. The van der Waals surface area contributed by atoms with Crippen molar-refractivity contribution in [2.24, 2.45) is 17.3 Å². The van der Waals surface area contributed by atoms with Crippen LogP contribution in [0.3, 0.4) is 0 Å². The number of carboxylic acid groups (broad SMARTS) is 1. The number of benzene rings is 2.